The van der Waals surface area contributed by atoms with Crippen LogP contribution in [0.3, 0.4) is 0 Å². The highest BCUT2D eigenvalue weighted by atomic mass is 16.5. The molecule has 0 aromatic heterocycles. The summed E-state index contributed by atoms with van der Waals surface area (Å²) in [6.45, 7) is 5.74. The summed E-state index contributed by atoms with van der Waals surface area (Å²) in [5.74, 6) is -1.95. The lowest BCUT2D eigenvalue weighted by Gasteiger charge is -2.26. The van der Waals surface area contributed by atoms with Gasteiger partial charge in [-0.3, -0.25) is 4.79 Å². The third-order valence-electron chi connectivity index (χ3n) is 5.73. The third-order valence-corrected chi connectivity index (χ3v) is 5.73. The number of benzene rings is 2. The van der Waals surface area contributed by atoms with E-state index in [0.29, 0.717) is 6.42 Å². The maximum Gasteiger partial charge on any atom is 0.407 e. The molecule has 8 heteroatoms. The number of carbonyl (C=O) groups excluding carboxylic acids is 2. The van der Waals surface area contributed by atoms with Crippen molar-refractivity contribution in [3.05, 3.63) is 59.7 Å². The van der Waals surface area contributed by atoms with E-state index in [2.05, 4.69) is 22.8 Å². The molecule has 0 saturated carbocycles. The molecule has 2 aromatic rings. The first-order chi connectivity index (χ1) is 16.0. The Morgan fingerprint density at radius 1 is 1.00 bits per heavy atom. The van der Waals surface area contributed by atoms with E-state index in [0.717, 1.165) is 22.3 Å². The van der Waals surface area contributed by atoms with Crippen LogP contribution in [0.15, 0.2) is 48.5 Å². The van der Waals surface area contributed by atoms with Crippen LogP contribution in [0.4, 0.5) is 4.79 Å². The van der Waals surface area contributed by atoms with Gasteiger partial charge in [-0.25, -0.2) is 9.59 Å². The fourth-order valence-corrected chi connectivity index (χ4v) is 4.31. The van der Waals surface area contributed by atoms with Crippen molar-refractivity contribution in [2.75, 3.05) is 13.2 Å². The van der Waals surface area contributed by atoms with Gasteiger partial charge in [0, 0.05) is 18.4 Å². The Hall–Kier alpha value is -3.39. The number of aliphatic hydroxyl groups excluding tert-OH is 1. The van der Waals surface area contributed by atoms with E-state index in [1.54, 1.807) is 0 Å². The number of aliphatic carboxylic acids is 1. The molecule has 0 aliphatic heterocycles. The van der Waals surface area contributed by atoms with Crippen LogP contribution in [0.25, 0.3) is 11.1 Å². The van der Waals surface area contributed by atoms with Gasteiger partial charge in [-0.05, 0) is 34.1 Å². The molecule has 34 heavy (non-hydrogen) atoms. The summed E-state index contributed by atoms with van der Waals surface area (Å²) in [5.41, 5.74) is 4.32. The lowest BCUT2D eigenvalue weighted by Crippen LogP contribution is -2.43. The second-order valence-electron chi connectivity index (χ2n) is 9.79. The number of hydrogen-bond donors (Lipinski definition) is 4. The van der Waals surface area contributed by atoms with Crippen LogP contribution in [0.5, 0.6) is 0 Å². The summed E-state index contributed by atoms with van der Waals surface area (Å²) in [5, 5.41) is 23.3. The number of alkyl carbamates (subject to hydrolysis) is 1. The van der Waals surface area contributed by atoms with E-state index < -0.39 is 36.7 Å². The van der Waals surface area contributed by atoms with E-state index in [1.165, 1.54) is 0 Å². The molecule has 0 saturated heterocycles. The molecule has 2 amide bonds. The number of carbonyl (C=O) groups is 3. The number of aliphatic hydroxyl groups is 1. The number of fused-ring (bicyclic) bond motifs is 3. The second-order valence-corrected chi connectivity index (χ2v) is 9.79. The first kappa shape index (κ1) is 25.2. The Morgan fingerprint density at radius 3 is 2.09 bits per heavy atom. The summed E-state index contributed by atoms with van der Waals surface area (Å²) in [6, 6.07) is 15.6. The van der Waals surface area contributed by atoms with E-state index in [4.69, 9.17) is 9.84 Å². The molecule has 1 unspecified atom stereocenters. The minimum Gasteiger partial charge on any atom is -0.479 e. The van der Waals surface area contributed by atoms with Gasteiger partial charge in [-0.1, -0.05) is 69.3 Å². The van der Waals surface area contributed by atoms with Crippen LogP contribution in [-0.2, 0) is 14.3 Å². The lowest BCUT2D eigenvalue weighted by atomic mass is 9.87. The van der Waals surface area contributed by atoms with Gasteiger partial charge in [0.15, 0.2) is 6.10 Å². The van der Waals surface area contributed by atoms with Crippen molar-refractivity contribution in [1.29, 1.82) is 0 Å². The van der Waals surface area contributed by atoms with Gasteiger partial charge in [-0.2, -0.15) is 0 Å². The average molecular weight is 469 g/mol. The largest absolute Gasteiger partial charge is 0.479 e. The zero-order chi connectivity index (χ0) is 24.9. The molecule has 0 heterocycles. The Bertz CT molecular complexity index is 1000. The van der Waals surface area contributed by atoms with Gasteiger partial charge < -0.3 is 25.6 Å². The van der Waals surface area contributed by atoms with Crippen molar-refractivity contribution in [1.82, 2.24) is 10.6 Å². The van der Waals surface area contributed by atoms with Crippen LogP contribution >= 0.6 is 0 Å². The monoisotopic (exact) mass is 468 g/mol. The van der Waals surface area contributed by atoms with Gasteiger partial charge in [0.1, 0.15) is 6.61 Å². The van der Waals surface area contributed by atoms with Crippen LogP contribution in [0.2, 0.25) is 0 Å². The van der Waals surface area contributed by atoms with Crippen molar-refractivity contribution in [2.24, 2.45) is 5.41 Å². The Kier molecular flexibility index (Phi) is 7.94. The molecular weight excluding hydrogens is 436 g/mol. The maximum absolute atomic E-state index is 12.7. The minimum atomic E-state index is -1.68. The zero-order valence-electron chi connectivity index (χ0n) is 19.7. The molecule has 2 atom stereocenters. The number of rotatable bonds is 9. The first-order valence-electron chi connectivity index (χ1n) is 11.3. The lowest BCUT2D eigenvalue weighted by molar-refractivity contribution is -0.146. The van der Waals surface area contributed by atoms with Crippen molar-refractivity contribution >= 4 is 18.0 Å². The average Bonchev–Trinajstić information content (AvgIpc) is 3.08. The SMILES string of the molecule is CC(C)(C)CC(CC(=O)NC[C@H](O)C(=O)O)NC(=O)OCC1c2ccccc2-c2ccccc21. The maximum atomic E-state index is 12.7. The van der Waals surface area contributed by atoms with E-state index in [-0.39, 0.29) is 24.4 Å². The van der Waals surface area contributed by atoms with Crippen molar-refractivity contribution in [2.45, 2.75) is 51.7 Å². The Labute approximate surface area is 199 Å². The molecule has 2 aromatic carbocycles. The fourth-order valence-electron chi connectivity index (χ4n) is 4.31. The summed E-state index contributed by atoms with van der Waals surface area (Å²) < 4.78 is 5.60. The Morgan fingerprint density at radius 2 is 1.56 bits per heavy atom. The standard InChI is InChI=1S/C26H32N2O6/c1-26(2,3)13-16(12-23(30)27-14-22(29)24(31)32)28-25(33)34-15-21-19-10-6-4-8-17(19)18-9-5-7-11-20(18)21/h4-11,16,21-22,29H,12-15H2,1-3H3,(H,27,30)(H,28,33)(H,31,32)/t16?,22-/m0/s1. The van der Waals surface area contributed by atoms with Crippen LogP contribution in [-0.4, -0.2) is 53.5 Å². The van der Waals surface area contributed by atoms with Crippen LogP contribution in [0.1, 0.15) is 50.7 Å². The highest BCUT2D eigenvalue weighted by Gasteiger charge is 2.30. The molecule has 0 spiro atoms. The predicted octanol–water partition coefficient (Wildman–Crippen LogP) is 3.28. The summed E-state index contributed by atoms with van der Waals surface area (Å²) >= 11 is 0. The van der Waals surface area contributed by atoms with Crippen LogP contribution < -0.4 is 10.6 Å². The highest BCUT2D eigenvalue weighted by molar-refractivity contribution is 5.80. The van der Waals surface area contributed by atoms with Gasteiger partial charge >= 0.3 is 12.1 Å². The molecule has 1 aliphatic carbocycles. The highest BCUT2D eigenvalue weighted by Crippen LogP contribution is 2.44. The summed E-state index contributed by atoms with van der Waals surface area (Å²) in [7, 11) is 0. The quantitative estimate of drug-likeness (QED) is 0.448. The molecule has 0 fully saturated rings. The number of hydrogen-bond acceptors (Lipinski definition) is 5. The molecular formula is C26H32N2O6. The smallest absolute Gasteiger partial charge is 0.407 e. The number of nitrogens with one attached hydrogen (secondary N) is 2. The molecule has 3 rings (SSSR count). The number of ether oxygens (including phenoxy) is 1. The van der Waals surface area contributed by atoms with Crippen molar-refractivity contribution in [3.8, 4) is 11.1 Å². The number of carboxylic acids is 1. The normalized spacial score (nSPS) is 14.5. The molecule has 182 valence electrons. The zero-order valence-corrected chi connectivity index (χ0v) is 19.7. The van der Waals surface area contributed by atoms with Crippen molar-refractivity contribution < 1.29 is 29.3 Å². The summed E-state index contributed by atoms with van der Waals surface area (Å²) in [6.07, 6.45) is -1.85. The Balaban J connectivity index is 1.61. The van der Waals surface area contributed by atoms with Gasteiger partial charge in [0.25, 0.3) is 0 Å². The third kappa shape index (κ3) is 6.57. The predicted molar refractivity (Wildman–Crippen MR) is 127 cm³/mol. The summed E-state index contributed by atoms with van der Waals surface area (Å²) in [4.78, 5) is 35.7. The van der Waals surface area contributed by atoms with E-state index in [1.807, 2.05) is 57.2 Å². The topological polar surface area (TPSA) is 125 Å². The number of carboxylic acid groups (broad SMARTS) is 1. The van der Waals surface area contributed by atoms with Crippen LogP contribution in [0, 0.1) is 5.41 Å². The molecule has 1 aliphatic rings. The minimum absolute atomic E-state index is 0.0617. The van der Waals surface area contributed by atoms with Gasteiger partial charge in [0.05, 0.1) is 6.54 Å². The number of amides is 2. The second kappa shape index (κ2) is 10.7. The van der Waals surface area contributed by atoms with Gasteiger partial charge in [-0.15, -0.1) is 0 Å². The van der Waals surface area contributed by atoms with E-state index >= 15 is 0 Å². The molecule has 8 nitrogen and oxygen atoms in total. The van der Waals surface area contributed by atoms with Gasteiger partial charge in [0.2, 0.25) is 5.91 Å². The first-order valence-corrected chi connectivity index (χ1v) is 11.3. The van der Waals surface area contributed by atoms with E-state index in [9.17, 15) is 19.5 Å². The molecule has 0 bridgehead atoms. The molecule has 4 N–H and O–H groups in total. The molecule has 0 radical (unpaired) electrons. The van der Waals surface area contributed by atoms with Crippen molar-refractivity contribution in [3.63, 3.8) is 0 Å². The fraction of sp³-hybridized carbons (Fsp3) is 0.423.